The molecule has 0 bridgehead atoms. The summed E-state index contributed by atoms with van der Waals surface area (Å²) in [7, 11) is -0.411. The zero-order valence-corrected chi connectivity index (χ0v) is 39.0. The predicted octanol–water partition coefficient (Wildman–Crippen LogP) is 8.22. The molecule has 0 unspecified atom stereocenters. The van der Waals surface area contributed by atoms with E-state index in [1.807, 2.05) is 57.4 Å². The highest BCUT2D eigenvalue weighted by Gasteiger charge is 2.52. The zero-order chi connectivity index (χ0) is 43.8. The van der Waals surface area contributed by atoms with Crippen molar-refractivity contribution >= 4 is 52.5 Å². The largest absolute Gasteiger partial charge is 0.494 e. The topological polar surface area (TPSA) is 136 Å². The van der Waals surface area contributed by atoms with E-state index in [9.17, 15) is 19.2 Å². The molecule has 3 heterocycles. The molecule has 0 radical (unpaired) electrons. The van der Waals surface area contributed by atoms with E-state index in [4.69, 9.17) is 18.8 Å². The number of aryl methyl sites for hydroxylation is 2. The van der Waals surface area contributed by atoms with Gasteiger partial charge in [-0.2, -0.15) is 0 Å². The lowest BCUT2D eigenvalue weighted by molar-refractivity contribution is -0.120. The number of amides is 4. The molecule has 0 aromatic heterocycles. The maximum Gasteiger partial charge on any atom is 0.494 e. The lowest BCUT2D eigenvalue weighted by Crippen LogP contribution is -2.46. The Balaban J connectivity index is 0.000000209. The number of carbonyl (C=O) groups is 4. The van der Waals surface area contributed by atoms with Crippen molar-refractivity contribution in [2.75, 3.05) is 13.1 Å². The number of rotatable bonds is 7. The van der Waals surface area contributed by atoms with Gasteiger partial charge in [0.2, 0.25) is 11.8 Å². The van der Waals surface area contributed by atoms with Crippen LogP contribution in [0.4, 0.5) is 9.59 Å². The van der Waals surface area contributed by atoms with E-state index < -0.39 is 29.5 Å². The van der Waals surface area contributed by atoms with Gasteiger partial charge in [0.05, 0.1) is 23.3 Å². The Labute approximate surface area is 365 Å². The summed E-state index contributed by atoms with van der Waals surface area (Å²) in [5.41, 5.74) is 3.90. The van der Waals surface area contributed by atoms with Crippen LogP contribution in [0.5, 0.6) is 0 Å². The Kier molecular flexibility index (Phi) is 13.8. The molecule has 5 aliphatic rings. The van der Waals surface area contributed by atoms with Gasteiger partial charge in [-0.15, -0.1) is 0 Å². The van der Waals surface area contributed by atoms with Crippen molar-refractivity contribution in [3.05, 3.63) is 63.1 Å². The summed E-state index contributed by atoms with van der Waals surface area (Å²) in [6.07, 6.45) is 7.64. The van der Waals surface area contributed by atoms with Crippen LogP contribution in [-0.4, -0.2) is 88.5 Å². The highest BCUT2D eigenvalue weighted by molar-refractivity contribution is 9.10. The maximum atomic E-state index is 13.3. The summed E-state index contributed by atoms with van der Waals surface area (Å²) in [5.74, 6) is 0.109. The minimum Gasteiger partial charge on any atom is -0.444 e. The molecule has 328 valence electrons. The molecule has 12 nitrogen and oxygen atoms in total. The van der Waals surface area contributed by atoms with Crippen LogP contribution in [0.2, 0.25) is 0 Å². The van der Waals surface area contributed by atoms with Crippen LogP contribution in [0.1, 0.15) is 155 Å². The average molecular weight is 894 g/mol. The number of halogens is 1. The first-order valence-corrected chi connectivity index (χ1v) is 22.6. The van der Waals surface area contributed by atoms with Crippen LogP contribution in [0.25, 0.3) is 0 Å². The lowest BCUT2D eigenvalue weighted by atomic mass is 9.75. The molecule has 60 heavy (non-hydrogen) atoms. The number of nitrogens with one attached hydrogen (secondary N) is 2. The molecule has 2 aromatic carbocycles. The van der Waals surface area contributed by atoms with Crippen molar-refractivity contribution in [1.82, 2.24) is 20.4 Å². The molecule has 3 aliphatic heterocycles. The number of hydrogen-bond donors (Lipinski definition) is 2. The maximum absolute atomic E-state index is 13.3. The highest BCUT2D eigenvalue weighted by Crippen LogP contribution is 2.40. The van der Waals surface area contributed by atoms with E-state index >= 15 is 0 Å². The van der Waals surface area contributed by atoms with Crippen LogP contribution in [0.3, 0.4) is 0 Å². The average Bonchev–Trinajstić information content (AvgIpc) is 3.82. The minimum atomic E-state index is -0.591. The fourth-order valence-electron chi connectivity index (χ4n) is 8.74. The molecular formula is C46H66BBrN4O8. The second-order valence-electron chi connectivity index (χ2n) is 20.1. The van der Waals surface area contributed by atoms with E-state index in [-0.39, 0.29) is 48.2 Å². The van der Waals surface area contributed by atoms with Crippen molar-refractivity contribution in [3.63, 3.8) is 0 Å². The molecule has 2 N–H and O–H groups in total. The first-order valence-electron chi connectivity index (χ1n) is 21.8. The number of hydrogen-bond acceptors (Lipinski definition) is 8. The minimum absolute atomic E-state index is 0.00385. The SMILES string of the molecule is CC(C)(C)OC(=O)N(C[C@@H]1CCC(=O)N1)[C@@H]1CCCc2cc(B3OC(C)(C)C(C)(C)O3)ccc21.CC(C)(C)OC(=O)N(C[C@@H]1CCC(=O)N1)[C@@H]1CCCc2cc(Br)ccc21. The van der Waals surface area contributed by atoms with Gasteiger partial charge in [0.25, 0.3) is 0 Å². The number of ether oxygens (including phenoxy) is 2. The fourth-order valence-corrected chi connectivity index (χ4v) is 9.15. The standard InChI is InChI=1S/C26H39BN2O5.C20H27BrN2O3/c1-24(2,3)32-23(31)29(16-19-12-14-22(30)28-19)21-10-8-9-17-15-18(11-13-20(17)21)27-33-25(4,5)26(6,7)34-27;1-20(2,3)26-19(25)23(12-15-8-10-18(24)22-15)17-6-4-5-13-11-14(21)7-9-16(13)17/h11,13,15,19,21H,8-10,12,14,16H2,1-7H3,(H,28,30);7,9,11,15,17H,4-6,8,10,12H2,1-3H3,(H,22,24)/t19-,21+;15-,17+/m00/s1. The van der Waals surface area contributed by atoms with Gasteiger partial charge in [-0.05, 0) is 160 Å². The quantitative estimate of drug-likeness (QED) is 0.266. The van der Waals surface area contributed by atoms with E-state index in [1.54, 1.807) is 0 Å². The molecule has 0 spiro atoms. The van der Waals surface area contributed by atoms with Crippen LogP contribution < -0.4 is 16.1 Å². The van der Waals surface area contributed by atoms with Crippen molar-refractivity contribution in [3.8, 4) is 0 Å². The van der Waals surface area contributed by atoms with Gasteiger partial charge in [-0.25, -0.2) is 9.59 Å². The van der Waals surface area contributed by atoms with Crippen LogP contribution in [-0.2, 0) is 41.2 Å². The number of carbonyl (C=O) groups excluding carboxylic acids is 4. The second kappa shape index (κ2) is 18.0. The van der Waals surface area contributed by atoms with Crippen molar-refractivity contribution in [2.24, 2.45) is 0 Å². The van der Waals surface area contributed by atoms with Gasteiger partial charge in [0.1, 0.15) is 11.2 Å². The van der Waals surface area contributed by atoms with E-state index in [0.717, 1.165) is 66.9 Å². The third-order valence-electron chi connectivity index (χ3n) is 12.4. The second-order valence-corrected chi connectivity index (χ2v) is 21.0. The molecule has 0 saturated carbocycles. The van der Waals surface area contributed by atoms with Gasteiger partial charge >= 0.3 is 19.3 Å². The normalized spacial score (nSPS) is 24.3. The predicted molar refractivity (Wildman–Crippen MR) is 236 cm³/mol. The Morgan fingerprint density at radius 1 is 0.700 bits per heavy atom. The first kappa shape index (κ1) is 45.9. The lowest BCUT2D eigenvalue weighted by Gasteiger charge is -2.38. The summed E-state index contributed by atoms with van der Waals surface area (Å²) in [6.45, 7) is 20.5. The molecule has 2 aliphatic carbocycles. The number of nitrogens with zero attached hydrogens (tertiary/aromatic N) is 2. The molecule has 3 saturated heterocycles. The Morgan fingerprint density at radius 2 is 1.13 bits per heavy atom. The number of fused-ring (bicyclic) bond motifs is 2. The third-order valence-corrected chi connectivity index (χ3v) is 12.9. The Bertz CT molecular complexity index is 1910. The Hall–Kier alpha value is -3.62. The van der Waals surface area contributed by atoms with Crippen molar-refractivity contribution in [2.45, 2.75) is 180 Å². The van der Waals surface area contributed by atoms with Gasteiger partial charge in [-0.1, -0.05) is 40.2 Å². The van der Waals surface area contributed by atoms with Gasteiger partial charge < -0.3 is 29.4 Å². The van der Waals surface area contributed by atoms with Gasteiger partial charge in [0, 0.05) is 42.5 Å². The summed E-state index contributed by atoms with van der Waals surface area (Å²) in [5, 5.41) is 5.98. The zero-order valence-electron chi connectivity index (χ0n) is 37.4. The molecular weight excluding hydrogens is 827 g/mol. The molecule has 4 atom stereocenters. The molecule has 7 rings (SSSR count). The third kappa shape index (κ3) is 11.2. The Morgan fingerprint density at radius 3 is 1.55 bits per heavy atom. The van der Waals surface area contributed by atoms with Crippen molar-refractivity contribution < 1.29 is 38.0 Å². The van der Waals surface area contributed by atoms with Crippen molar-refractivity contribution in [1.29, 1.82) is 0 Å². The fraction of sp³-hybridized carbons (Fsp3) is 0.652. The van der Waals surface area contributed by atoms with E-state index in [0.29, 0.717) is 25.9 Å². The summed E-state index contributed by atoms with van der Waals surface area (Å²) in [4.78, 5) is 53.3. The van der Waals surface area contributed by atoms with Crippen LogP contribution in [0, 0.1) is 0 Å². The summed E-state index contributed by atoms with van der Waals surface area (Å²) >= 11 is 3.54. The highest BCUT2D eigenvalue weighted by atomic mass is 79.9. The monoisotopic (exact) mass is 892 g/mol. The molecule has 3 fully saturated rings. The van der Waals surface area contributed by atoms with E-state index in [1.165, 1.54) is 16.7 Å². The molecule has 4 amide bonds. The number of benzene rings is 2. The van der Waals surface area contributed by atoms with Crippen LogP contribution in [0.15, 0.2) is 40.9 Å². The van der Waals surface area contributed by atoms with Gasteiger partial charge in [0.15, 0.2) is 0 Å². The summed E-state index contributed by atoms with van der Waals surface area (Å²) < 4.78 is 25.1. The first-order chi connectivity index (χ1) is 28.0. The van der Waals surface area contributed by atoms with Gasteiger partial charge in [-0.3, -0.25) is 19.4 Å². The molecule has 14 heteroatoms. The smallest absolute Gasteiger partial charge is 0.444 e. The summed E-state index contributed by atoms with van der Waals surface area (Å²) in [6, 6.07) is 12.5. The van der Waals surface area contributed by atoms with E-state index in [2.05, 4.69) is 84.6 Å². The molecule has 2 aromatic rings. The van der Waals surface area contributed by atoms with Crippen LogP contribution >= 0.6 is 15.9 Å².